The first-order valence-electron chi connectivity index (χ1n) is 6.50. The SMILES string of the molecule is Cc1cc(C(=O)NC(=S)Nc2ccccc2F)ccc1[N+](=O)[O-]. The Morgan fingerprint density at radius 1 is 1.26 bits per heavy atom. The summed E-state index contributed by atoms with van der Waals surface area (Å²) in [4.78, 5) is 22.3. The Bertz CT molecular complexity index is 795. The summed E-state index contributed by atoms with van der Waals surface area (Å²) in [5, 5.41) is 15.6. The molecule has 2 N–H and O–H groups in total. The normalized spacial score (nSPS) is 10.0. The van der Waals surface area contributed by atoms with Gasteiger partial charge in [0, 0.05) is 17.2 Å². The Morgan fingerprint density at radius 3 is 2.57 bits per heavy atom. The van der Waals surface area contributed by atoms with Crippen molar-refractivity contribution < 1.29 is 14.1 Å². The van der Waals surface area contributed by atoms with Gasteiger partial charge in [0.15, 0.2) is 5.11 Å². The summed E-state index contributed by atoms with van der Waals surface area (Å²) in [7, 11) is 0. The fourth-order valence-corrected chi connectivity index (χ4v) is 2.10. The summed E-state index contributed by atoms with van der Waals surface area (Å²) in [5.41, 5.74) is 0.632. The number of aryl methyl sites for hydroxylation is 1. The van der Waals surface area contributed by atoms with Gasteiger partial charge in [0.2, 0.25) is 0 Å². The van der Waals surface area contributed by atoms with Gasteiger partial charge in [0.1, 0.15) is 5.82 Å². The Hall–Kier alpha value is -2.87. The van der Waals surface area contributed by atoms with Gasteiger partial charge in [-0.15, -0.1) is 0 Å². The van der Waals surface area contributed by atoms with Crippen molar-refractivity contribution >= 4 is 34.6 Å². The van der Waals surface area contributed by atoms with E-state index in [2.05, 4.69) is 10.6 Å². The molecule has 0 unspecified atom stereocenters. The van der Waals surface area contributed by atoms with Gasteiger partial charge in [0.25, 0.3) is 11.6 Å². The van der Waals surface area contributed by atoms with Crippen molar-refractivity contribution in [3.63, 3.8) is 0 Å². The number of amides is 1. The highest BCUT2D eigenvalue weighted by Crippen LogP contribution is 2.18. The van der Waals surface area contributed by atoms with Crippen LogP contribution in [0.2, 0.25) is 0 Å². The quantitative estimate of drug-likeness (QED) is 0.512. The number of hydrogen-bond acceptors (Lipinski definition) is 4. The van der Waals surface area contributed by atoms with E-state index in [-0.39, 0.29) is 22.1 Å². The van der Waals surface area contributed by atoms with E-state index in [0.717, 1.165) is 0 Å². The number of rotatable bonds is 3. The smallest absolute Gasteiger partial charge is 0.272 e. The van der Waals surface area contributed by atoms with E-state index in [1.54, 1.807) is 6.07 Å². The van der Waals surface area contributed by atoms with Crippen molar-refractivity contribution in [2.75, 3.05) is 5.32 Å². The zero-order valence-corrected chi connectivity index (χ0v) is 12.8. The Balaban J connectivity index is 2.07. The van der Waals surface area contributed by atoms with Crippen molar-refractivity contribution in [1.82, 2.24) is 5.32 Å². The zero-order valence-electron chi connectivity index (χ0n) is 12.0. The molecule has 2 aromatic carbocycles. The summed E-state index contributed by atoms with van der Waals surface area (Å²) in [6.45, 7) is 1.53. The molecule has 0 spiro atoms. The molecule has 6 nitrogen and oxygen atoms in total. The lowest BCUT2D eigenvalue weighted by Crippen LogP contribution is -2.34. The average Bonchev–Trinajstić information content (AvgIpc) is 2.49. The van der Waals surface area contributed by atoms with Crippen molar-refractivity contribution in [1.29, 1.82) is 0 Å². The topological polar surface area (TPSA) is 84.3 Å². The van der Waals surface area contributed by atoms with Gasteiger partial charge < -0.3 is 5.32 Å². The highest BCUT2D eigenvalue weighted by molar-refractivity contribution is 7.80. The van der Waals surface area contributed by atoms with E-state index >= 15 is 0 Å². The number of nitro benzene ring substituents is 1. The van der Waals surface area contributed by atoms with Crippen LogP contribution in [-0.2, 0) is 0 Å². The number of nitro groups is 1. The molecule has 0 aromatic heterocycles. The molecular weight excluding hydrogens is 321 g/mol. The van der Waals surface area contributed by atoms with Crippen molar-refractivity contribution in [2.24, 2.45) is 0 Å². The van der Waals surface area contributed by atoms with Crippen LogP contribution in [0.25, 0.3) is 0 Å². The molecule has 8 heteroatoms. The van der Waals surface area contributed by atoms with Gasteiger partial charge in [-0.05, 0) is 43.4 Å². The number of nitrogens with one attached hydrogen (secondary N) is 2. The number of nitrogens with zero attached hydrogens (tertiary/aromatic N) is 1. The van der Waals surface area contributed by atoms with Crippen LogP contribution in [0.4, 0.5) is 15.8 Å². The second kappa shape index (κ2) is 6.93. The van der Waals surface area contributed by atoms with Gasteiger partial charge >= 0.3 is 0 Å². The minimum absolute atomic E-state index is 0.0731. The van der Waals surface area contributed by atoms with Crippen LogP contribution >= 0.6 is 12.2 Å². The number of anilines is 1. The van der Waals surface area contributed by atoms with E-state index in [1.807, 2.05) is 0 Å². The van der Waals surface area contributed by atoms with E-state index in [1.165, 1.54) is 43.3 Å². The van der Waals surface area contributed by atoms with Crippen molar-refractivity contribution in [2.45, 2.75) is 6.92 Å². The molecule has 23 heavy (non-hydrogen) atoms. The molecular formula is C15H12FN3O3S. The lowest BCUT2D eigenvalue weighted by molar-refractivity contribution is -0.385. The maximum absolute atomic E-state index is 13.5. The summed E-state index contributed by atoms with van der Waals surface area (Å²) in [6, 6.07) is 9.84. The molecule has 0 bridgehead atoms. The van der Waals surface area contributed by atoms with E-state index in [0.29, 0.717) is 5.56 Å². The Morgan fingerprint density at radius 2 is 1.96 bits per heavy atom. The van der Waals surface area contributed by atoms with Crippen LogP contribution in [0, 0.1) is 22.9 Å². The first kappa shape index (κ1) is 16.5. The van der Waals surface area contributed by atoms with E-state index in [9.17, 15) is 19.3 Å². The summed E-state index contributed by atoms with van der Waals surface area (Å²) in [5.74, 6) is -1.05. The molecule has 2 aromatic rings. The second-order valence-electron chi connectivity index (χ2n) is 4.65. The summed E-state index contributed by atoms with van der Waals surface area (Å²) in [6.07, 6.45) is 0. The predicted octanol–water partition coefficient (Wildman–Crippen LogP) is 3.17. The molecule has 0 radical (unpaired) electrons. The van der Waals surface area contributed by atoms with Crippen LogP contribution < -0.4 is 10.6 Å². The van der Waals surface area contributed by atoms with Crippen LogP contribution in [0.15, 0.2) is 42.5 Å². The third-order valence-corrected chi connectivity index (χ3v) is 3.21. The zero-order chi connectivity index (χ0) is 17.0. The fourth-order valence-electron chi connectivity index (χ4n) is 1.89. The highest BCUT2D eigenvalue weighted by atomic mass is 32.1. The fraction of sp³-hybridized carbons (Fsp3) is 0.0667. The number of halogens is 1. The molecule has 2 rings (SSSR count). The molecule has 0 saturated heterocycles. The number of carbonyl (C=O) groups is 1. The molecule has 0 aliphatic heterocycles. The molecule has 0 saturated carbocycles. The third-order valence-electron chi connectivity index (χ3n) is 3.00. The largest absolute Gasteiger partial charge is 0.330 e. The molecule has 0 atom stereocenters. The number of carbonyl (C=O) groups excluding carboxylic acids is 1. The lowest BCUT2D eigenvalue weighted by atomic mass is 10.1. The Labute approximate surface area is 136 Å². The molecule has 1 amide bonds. The van der Waals surface area contributed by atoms with Crippen molar-refractivity contribution in [3.8, 4) is 0 Å². The molecule has 0 heterocycles. The highest BCUT2D eigenvalue weighted by Gasteiger charge is 2.15. The minimum atomic E-state index is -0.545. The lowest BCUT2D eigenvalue weighted by Gasteiger charge is -2.10. The van der Waals surface area contributed by atoms with Gasteiger partial charge in [0.05, 0.1) is 10.6 Å². The number of benzene rings is 2. The maximum Gasteiger partial charge on any atom is 0.272 e. The van der Waals surface area contributed by atoms with E-state index < -0.39 is 16.6 Å². The maximum atomic E-state index is 13.5. The number of thiocarbonyl (C=S) groups is 1. The van der Waals surface area contributed by atoms with Crippen LogP contribution in [0.3, 0.4) is 0 Å². The van der Waals surface area contributed by atoms with Crippen LogP contribution in [0.5, 0.6) is 0 Å². The minimum Gasteiger partial charge on any atom is -0.330 e. The molecule has 0 aliphatic carbocycles. The van der Waals surface area contributed by atoms with E-state index in [4.69, 9.17) is 12.2 Å². The van der Waals surface area contributed by atoms with Crippen LogP contribution in [0.1, 0.15) is 15.9 Å². The van der Waals surface area contributed by atoms with Gasteiger partial charge in [-0.2, -0.15) is 0 Å². The average molecular weight is 333 g/mol. The molecule has 0 aliphatic rings. The van der Waals surface area contributed by atoms with Gasteiger partial charge in [-0.3, -0.25) is 20.2 Å². The molecule has 0 fully saturated rings. The summed E-state index contributed by atoms with van der Waals surface area (Å²) < 4.78 is 13.5. The first-order valence-corrected chi connectivity index (χ1v) is 6.91. The third kappa shape index (κ3) is 4.07. The Kier molecular flexibility index (Phi) is 4.97. The first-order chi connectivity index (χ1) is 10.9. The molecule has 118 valence electrons. The van der Waals surface area contributed by atoms with Crippen molar-refractivity contribution in [3.05, 3.63) is 69.5 Å². The summed E-state index contributed by atoms with van der Waals surface area (Å²) >= 11 is 4.95. The predicted molar refractivity (Wildman–Crippen MR) is 87.9 cm³/mol. The van der Waals surface area contributed by atoms with Gasteiger partial charge in [-0.1, -0.05) is 12.1 Å². The number of hydrogen-bond donors (Lipinski definition) is 2. The van der Waals surface area contributed by atoms with Crippen LogP contribution in [-0.4, -0.2) is 15.9 Å². The standard InChI is InChI=1S/C15H12FN3O3S/c1-9-8-10(6-7-13(9)19(21)22)14(20)18-15(23)17-12-5-3-2-4-11(12)16/h2-8H,1H3,(H2,17,18,20,23). The second-order valence-corrected chi connectivity index (χ2v) is 5.05. The van der Waals surface area contributed by atoms with Gasteiger partial charge in [-0.25, -0.2) is 4.39 Å². The number of para-hydroxylation sites is 1. The monoisotopic (exact) mass is 333 g/mol.